The van der Waals surface area contributed by atoms with Gasteiger partial charge in [0, 0.05) is 0 Å². The third kappa shape index (κ3) is 3.02. The second-order valence-electron chi connectivity index (χ2n) is 6.21. The Morgan fingerprint density at radius 2 is 1.65 bits per heavy atom. The molecule has 2 rings (SSSR count). The van der Waals surface area contributed by atoms with Crippen molar-refractivity contribution in [2.45, 2.75) is 65.2 Å². The third-order valence-corrected chi connectivity index (χ3v) is 5.00. The minimum Gasteiger partial charge on any atom is -0.466 e. The predicted molar refractivity (Wildman–Crippen MR) is 68.7 cm³/mol. The topological polar surface area (TPSA) is 26.3 Å². The molecule has 0 unspecified atom stereocenters. The van der Waals surface area contributed by atoms with E-state index in [9.17, 15) is 4.79 Å². The predicted octanol–water partition coefficient (Wildman–Crippen LogP) is 3.94. The van der Waals surface area contributed by atoms with Crippen molar-refractivity contribution < 1.29 is 9.53 Å². The van der Waals surface area contributed by atoms with Crippen molar-refractivity contribution in [1.82, 2.24) is 0 Å². The van der Waals surface area contributed by atoms with Crippen LogP contribution in [0.25, 0.3) is 0 Å². The first-order valence-corrected chi connectivity index (χ1v) is 7.32. The molecule has 2 fully saturated rings. The standard InChI is InChI=1S/C15H26O2/c1-3-17-14(16)13-6-10-15(11-7-13)8-4-12(2)5-9-15/h12-13H,3-11H2,1-2H3. The molecule has 0 aromatic heterocycles. The lowest BCUT2D eigenvalue weighted by molar-refractivity contribution is -0.150. The Hall–Kier alpha value is -0.530. The monoisotopic (exact) mass is 238 g/mol. The summed E-state index contributed by atoms with van der Waals surface area (Å²) in [5.41, 5.74) is 0.593. The molecule has 0 saturated heterocycles. The van der Waals surface area contributed by atoms with Gasteiger partial charge in [-0.3, -0.25) is 4.79 Å². The highest BCUT2D eigenvalue weighted by atomic mass is 16.5. The zero-order valence-electron chi connectivity index (χ0n) is 11.3. The summed E-state index contributed by atoms with van der Waals surface area (Å²) in [7, 11) is 0. The Labute approximate surface area is 105 Å². The van der Waals surface area contributed by atoms with Crippen molar-refractivity contribution in [3.63, 3.8) is 0 Å². The highest BCUT2D eigenvalue weighted by Crippen LogP contribution is 2.50. The maximum Gasteiger partial charge on any atom is 0.308 e. The normalized spacial score (nSPS) is 38.0. The average Bonchev–Trinajstić information content (AvgIpc) is 2.35. The lowest BCUT2D eigenvalue weighted by Crippen LogP contribution is -2.34. The summed E-state index contributed by atoms with van der Waals surface area (Å²) >= 11 is 0. The number of esters is 1. The number of hydrogen-bond acceptors (Lipinski definition) is 2. The van der Waals surface area contributed by atoms with Crippen LogP contribution in [0, 0.1) is 17.3 Å². The molecule has 2 nitrogen and oxygen atoms in total. The molecule has 0 bridgehead atoms. The van der Waals surface area contributed by atoms with Gasteiger partial charge in [0.05, 0.1) is 12.5 Å². The van der Waals surface area contributed by atoms with Gasteiger partial charge in [-0.15, -0.1) is 0 Å². The second kappa shape index (κ2) is 5.41. The van der Waals surface area contributed by atoms with Crippen LogP contribution in [0.1, 0.15) is 65.2 Å². The molecule has 2 heteroatoms. The SMILES string of the molecule is CCOC(=O)C1CCC2(CCC(C)CC2)CC1. The third-order valence-electron chi connectivity index (χ3n) is 5.00. The van der Waals surface area contributed by atoms with Gasteiger partial charge < -0.3 is 4.74 Å². The maximum absolute atomic E-state index is 11.7. The zero-order valence-corrected chi connectivity index (χ0v) is 11.3. The van der Waals surface area contributed by atoms with E-state index in [0.717, 1.165) is 18.8 Å². The fourth-order valence-electron chi connectivity index (χ4n) is 3.60. The first kappa shape index (κ1) is 12.9. The molecule has 2 aliphatic carbocycles. The van der Waals surface area contributed by atoms with Gasteiger partial charge in [0.1, 0.15) is 0 Å². The Kier molecular flexibility index (Phi) is 4.11. The van der Waals surface area contributed by atoms with Crippen molar-refractivity contribution in [3.05, 3.63) is 0 Å². The van der Waals surface area contributed by atoms with Gasteiger partial charge in [-0.2, -0.15) is 0 Å². The van der Waals surface area contributed by atoms with Gasteiger partial charge >= 0.3 is 5.97 Å². The molecular weight excluding hydrogens is 212 g/mol. The largest absolute Gasteiger partial charge is 0.466 e. The van der Waals surface area contributed by atoms with E-state index in [2.05, 4.69) is 6.92 Å². The van der Waals surface area contributed by atoms with Gasteiger partial charge in [-0.25, -0.2) is 0 Å². The number of rotatable bonds is 2. The van der Waals surface area contributed by atoms with Crippen molar-refractivity contribution in [2.75, 3.05) is 6.61 Å². The second-order valence-corrected chi connectivity index (χ2v) is 6.21. The van der Waals surface area contributed by atoms with Crippen LogP contribution in [0.2, 0.25) is 0 Å². The van der Waals surface area contributed by atoms with Gasteiger partial charge in [0.15, 0.2) is 0 Å². The number of carbonyl (C=O) groups is 1. The van der Waals surface area contributed by atoms with Crippen molar-refractivity contribution in [1.29, 1.82) is 0 Å². The van der Waals surface area contributed by atoms with E-state index >= 15 is 0 Å². The van der Waals surface area contributed by atoms with Gasteiger partial charge in [-0.1, -0.05) is 19.8 Å². The van der Waals surface area contributed by atoms with Crippen LogP contribution in [0.4, 0.5) is 0 Å². The molecule has 0 radical (unpaired) electrons. The molecule has 1 spiro atoms. The van der Waals surface area contributed by atoms with Gasteiger partial charge in [0.2, 0.25) is 0 Å². The van der Waals surface area contributed by atoms with Crippen LogP contribution < -0.4 is 0 Å². The van der Waals surface area contributed by atoms with Gasteiger partial charge in [0.25, 0.3) is 0 Å². The molecule has 2 saturated carbocycles. The van der Waals surface area contributed by atoms with Gasteiger partial charge in [-0.05, 0) is 56.8 Å². The molecule has 0 N–H and O–H groups in total. The lowest BCUT2D eigenvalue weighted by atomic mass is 9.62. The van der Waals surface area contributed by atoms with Crippen LogP contribution in [0.3, 0.4) is 0 Å². The molecule has 0 atom stereocenters. The quantitative estimate of drug-likeness (QED) is 0.681. The van der Waals surface area contributed by atoms with Crippen molar-refractivity contribution in [2.24, 2.45) is 17.3 Å². The molecule has 0 aliphatic heterocycles. The molecule has 0 amide bonds. The minimum atomic E-state index is 0.0477. The van der Waals surface area contributed by atoms with E-state index in [1.165, 1.54) is 38.5 Å². The molecule has 98 valence electrons. The molecule has 0 aromatic rings. The van der Waals surface area contributed by atoms with Crippen LogP contribution in [-0.2, 0) is 9.53 Å². The zero-order chi connectivity index (χ0) is 12.3. The van der Waals surface area contributed by atoms with Crippen molar-refractivity contribution in [3.8, 4) is 0 Å². The van der Waals surface area contributed by atoms with Crippen LogP contribution >= 0.6 is 0 Å². The fourth-order valence-corrected chi connectivity index (χ4v) is 3.60. The summed E-state index contributed by atoms with van der Waals surface area (Å²) < 4.78 is 5.14. The molecule has 17 heavy (non-hydrogen) atoms. The van der Waals surface area contributed by atoms with E-state index in [0.29, 0.717) is 12.0 Å². The average molecular weight is 238 g/mol. The van der Waals surface area contributed by atoms with Crippen LogP contribution in [0.15, 0.2) is 0 Å². The Balaban J connectivity index is 1.83. The van der Waals surface area contributed by atoms with E-state index in [4.69, 9.17) is 4.74 Å². The summed E-state index contributed by atoms with van der Waals surface area (Å²) in [6.45, 7) is 4.79. The molecule has 2 aliphatic rings. The van der Waals surface area contributed by atoms with E-state index in [-0.39, 0.29) is 11.9 Å². The fraction of sp³-hybridized carbons (Fsp3) is 0.933. The molecule has 0 aromatic carbocycles. The maximum atomic E-state index is 11.7. The first-order valence-electron chi connectivity index (χ1n) is 7.32. The number of ether oxygens (including phenoxy) is 1. The van der Waals surface area contributed by atoms with E-state index < -0.39 is 0 Å². The summed E-state index contributed by atoms with van der Waals surface area (Å²) in [4.78, 5) is 11.7. The summed E-state index contributed by atoms with van der Waals surface area (Å²) in [6, 6.07) is 0. The molecular formula is C15H26O2. The Morgan fingerprint density at radius 1 is 1.12 bits per heavy atom. The number of hydrogen-bond donors (Lipinski definition) is 0. The summed E-state index contributed by atoms with van der Waals surface area (Å²) in [6.07, 6.45) is 10.2. The smallest absolute Gasteiger partial charge is 0.308 e. The minimum absolute atomic E-state index is 0.0477. The highest BCUT2D eigenvalue weighted by Gasteiger charge is 2.39. The summed E-state index contributed by atoms with van der Waals surface area (Å²) in [5.74, 6) is 1.16. The number of carbonyl (C=O) groups excluding carboxylic acids is 1. The lowest BCUT2D eigenvalue weighted by Gasteiger charge is -2.44. The van der Waals surface area contributed by atoms with Crippen LogP contribution in [-0.4, -0.2) is 12.6 Å². The summed E-state index contributed by atoms with van der Waals surface area (Å²) in [5, 5.41) is 0. The van der Waals surface area contributed by atoms with Crippen LogP contribution in [0.5, 0.6) is 0 Å². The first-order chi connectivity index (χ1) is 8.15. The van der Waals surface area contributed by atoms with Crippen molar-refractivity contribution >= 4 is 5.97 Å². The molecule has 0 heterocycles. The van der Waals surface area contributed by atoms with E-state index in [1.807, 2.05) is 6.92 Å². The Bertz CT molecular complexity index is 254. The van der Waals surface area contributed by atoms with E-state index in [1.54, 1.807) is 0 Å². The Morgan fingerprint density at radius 3 is 2.18 bits per heavy atom. The highest BCUT2D eigenvalue weighted by molar-refractivity contribution is 5.72.